The van der Waals surface area contributed by atoms with Crippen molar-refractivity contribution in [1.29, 1.82) is 10.5 Å². The van der Waals surface area contributed by atoms with Gasteiger partial charge in [0.2, 0.25) is 0 Å². The van der Waals surface area contributed by atoms with E-state index in [1.165, 1.54) is 0 Å². The summed E-state index contributed by atoms with van der Waals surface area (Å²) in [6.45, 7) is 1.68. The van der Waals surface area contributed by atoms with Crippen molar-refractivity contribution < 1.29 is 4.74 Å². The molecule has 0 saturated heterocycles. The van der Waals surface area contributed by atoms with Crippen LogP contribution in [0, 0.1) is 22.7 Å². The molecule has 0 bridgehead atoms. The van der Waals surface area contributed by atoms with E-state index < -0.39 is 6.10 Å². The fourth-order valence-electron chi connectivity index (χ4n) is 1.01. The van der Waals surface area contributed by atoms with Gasteiger partial charge in [0.1, 0.15) is 11.8 Å². The molecule has 3 heteroatoms. The van der Waals surface area contributed by atoms with Crippen LogP contribution in [0.5, 0.6) is 5.75 Å². The van der Waals surface area contributed by atoms with Gasteiger partial charge in [-0.3, -0.25) is 0 Å². The van der Waals surface area contributed by atoms with Gasteiger partial charge in [-0.2, -0.15) is 10.5 Å². The highest BCUT2D eigenvalue weighted by molar-refractivity contribution is 5.29. The molecule has 0 aliphatic rings. The van der Waals surface area contributed by atoms with Gasteiger partial charge >= 0.3 is 0 Å². The molecule has 0 aliphatic carbocycles. The number of ether oxygens (including phenoxy) is 1. The van der Waals surface area contributed by atoms with Gasteiger partial charge in [-0.25, -0.2) is 0 Å². The van der Waals surface area contributed by atoms with Crippen molar-refractivity contribution in [3.05, 3.63) is 29.8 Å². The Kier molecular flexibility index (Phi) is 3.52. The molecule has 0 aliphatic heterocycles. The van der Waals surface area contributed by atoms with Gasteiger partial charge in [-0.15, -0.1) is 0 Å². The van der Waals surface area contributed by atoms with Crippen LogP contribution in [-0.4, -0.2) is 6.10 Å². The van der Waals surface area contributed by atoms with E-state index in [2.05, 4.69) is 6.07 Å². The lowest BCUT2D eigenvalue weighted by Gasteiger charge is -2.07. The van der Waals surface area contributed by atoms with E-state index in [9.17, 15) is 0 Å². The van der Waals surface area contributed by atoms with Crippen LogP contribution >= 0.6 is 0 Å². The van der Waals surface area contributed by atoms with Crippen molar-refractivity contribution in [2.45, 2.75) is 19.4 Å². The lowest BCUT2D eigenvalue weighted by atomic mass is 10.2. The van der Waals surface area contributed by atoms with Gasteiger partial charge < -0.3 is 4.74 Å². The highest BCUT2D eigenvalue weighted by Crippen LogP contribution is 2.13. The number of nitriles is 2. The first-order valence-corrected chi connectivity index (χ1v) is 4.28. The quantitative estimate of drug-likeness (QED) is 0.725. The van der Waals surface area contributed by atoms with Crippen LogP contribution in [0.2, 0.25) is 0 Å². The van der Waals surface area contributed by atoms with E-state index in [4.69, 9.17) is 15.3 Å². The minimum absolute atomic E-state index is 0.397. The molecule has 0 saturated carbocycles. The van der Waals surface area contributed by atoms with Crippen LogP contribution in [0.4, 0.5) is 0 Å². The molecule has 0 radical (unpaired) electrons. The molecule has 14 heavy (non-hydrogen) atoms. The molecular weight excluding hydrogens is 176 g/mol. The lowest BCUT2D eigenvalue weighted by molar-refractivity contribution is 0.276. The molecular formula is C11H10N2O. The average molecular weight is 186 g/mol. The highest BCUT2D eigenvalue weighted by atomic mass is 16.5. The third-order valence-corrected chi connectivity index (χ3v) is 1.70. The van der Waals surface area contributed by atoms with Crippen molar-refractivity contribution in [2.75, 3.05) is 0 Å². The number of nitrogens with zero attached hydrogens (tertiary/aromatic N) is 2. The summed E-state index contributed by atoms with van der Waals surface area (Å²) >= 11 is 0. The van der Waals surface area contributed by atoms with E-state index in [-0.39, 0.29) is 0 Å². The second kappa shape index (κ2) is 4.89. The van der Waals surface area contributed by atoms with Crippen molar-refractivity contribution in [3.8, 4) is 17.9 Å². The first kappa shape index (κ1) is 10.1. The smallest absolute Gasteiger partial charge is 0.181 e. The second-order valence-electron chi connectivity index (χ2n) is 2.87. The van der Waals surface area contributed by atoms with E-state index >= 15 is 0 Å². The highest BCUT2D eigenvalue weighted by Gasteiger charge is 2.00. The molecule has 0 heterocycles. The van der Waals surface area contributed by atoms with Crippen LogP contribution in [0.1, 0.15) is 12.5 Å². The summed E-state index contributed by atoms with van der Waals surface area (Å²) in [5.41, 5.74) is 0.949. The normalized spacial score (nSPS) is 11.1. The first-order valence-electron chi connectivity index (χ1n) is 4.28. The molecule has 1 rings (SSSR count). The summed E-state index contributed by atoms with van der Waals surface area (Å²) in [7, 11) is 0. The molecule has 0 N–H and O–H groups in total. The van der Waals surface area contributed by atoms with Gasteiger partial charge in [-0.05, 0) is 24.6 Å². The Bertz CT molecular complexity index is 370. The molecule has 0 amide bonds. The topological polar surface area (TPSA) is 56.8 Å². The fraction of sp³-hybridized carbons (Fsp3) is 0.273. The van der Waals surface area contributed by atoms with Gasteiger partial charge in [0.25, 0.3) is 0 Å². The molecule has 3 nitrogen and oxygen atoms in total. The monoisotopic (exact) mass is 186 g/mol. The van der Waals surface area contributed by atoms with E-state index in [0.717, 1.165) is 5.56 Å². The summed E-state index contributed by atoms with van der Waals surface area (Å²) in [4.78, 5) is 0. The molecule has 1 atom stereocenters. The zero-order valence-corrected chi connectivity index (χ0v) is 7.90. The first-order chi connectivity index (χ1) is 6.76. The summed E-state index contributed by atoms with van der Waals surface area (Å²) in [5, 5.41) is 17.0. The molecule has 1 unspecified atom stereocenters. The van der Waals surface area contributed by atoms with Crippen LogP contribution in [0.25, 0.3) is 0 Å². The molecule has 1 aromatic carbocycles. The van der Waals surface area contributed by atoms with Crippen molar-refractivity contribution in [3.63, 3.8) is 0 Å². The van der Waals surface area contributed by atoms with Crippen molar-refractivity contribution in [1.82, 2.24) is 0 Å². The van der Waals surface area contributed by atoms with Crippen LogP contribution in [0.15, 0.2) is 24.3 Å². The summed E-state index contributed by atoms with van der Waals surface area (Å²) < 4.78 is 5.25. The predicted octanol–water partition coefficient (Wildman–Crippen LogP) is 2.04. The Labute approximate surface area is 83.2 Å². The summed E-state index contributed by atoms with van der Waals surface area (Å²) in [5.74, 6) is 0.653. The Balaban J connectivity index is 2.66. The molecule has 0 fully saturated rings. The maximum absolute atomic E-state index is 8.52. The summed E-state index contributed by atoms with van der Waals surface area (Å²) in [6, 6.07) is 11.2. The van der Waals surface area contributed by atoms with E-state index in [1.807, 2.05) is 18.2 Å². The van der Waals surface area contributed by atoms with Gasteiger partial charge in [0.05, 0.1) is 12.5 Å². The number of hydrogen-bond acceptors (Lipinski definition) is 3. The minimum atomic E-state index is -0.447. The van der Waals surface area contributed by atoms with Crippen molar-refractivity contribution in [2.24, 2.45) is 0 Å². The maximum Gasteiger partial charge on any atom is 0.181 e. The van der Waals surface area contributed by atoms with E-state index in [0.29, 0.717) is 12.2 Å². The third-order valence-electron chi connectivity index (χ3n) is 1.70. The molecule has 1 aromatic rings. The Morgan fingerprint density at radius 3 is 2.43 bits per heavy atom. The Hall–Kier alpha value is -2.00. The van der Waals surface area contributed by atoms with Gasteiger partial charge in [0, 0.05) is 0 Å². The second-order valence-corrected chi connectivity index (χ2v) is 2.87. The van der Waals surface area contributed by atoms with Crippen LogP contribution < -0.4 is 4.74 Å². The molecule has 0 aromatic heterocycles. The van der Waals surface area contributed by atoms with Crippen molar-refractivity contribution >= 4 is 0 Å². The van der Waals surface area contributed by atoms with E-state index in [1.54, 1.807) is 19.1 Å². The third kappa shape index (κ3) is 2.80. The SMILES string of the molecule is CC(C#N)Oc1ccc(CC#N)cc1. The minimum Gasteiger partial charge on any atom is -0.476 e. The van der Waals surface area contributed by atoms with Gasteiger partial charge in [-0.1, -0.05) is 12.1 Å². The standard InChI is InChI=1S/C11H10N2O/c1-9(8-13)14-11-4-2-10(3-5-11)6-7-12/h2-5,9H,6H2,1H3. The largest absolute Gasteiger partial charge is 0.476 e. The lowest BCUT2D eigenvalue weighted by Crippen LogP contribution is -2.07. The molecule has 0 spiro atoms. The average Bonchev–Trinajstić information content (AvgIpc) is 2.21. The zero-order valence-electron chi connectivity index (χ0n) is 7.90. The fourth-order valence-corrected chi connectivity index (χ4v) is 1.01. The van der Waals surface area contributed by atoms with Crippen LogP contribution in [0.3, 0.4) is 0 Å². The van der Waals surface area contributed by atoms with Gasteiger partial charge in [0.15, 0.2) is 6.10 Å². The Morgan fingerprint density at radius 1 is 1.29 bits per heavy atom. The zero-order chi connectivity index (χ0) is 10.4. The Morgan fingerprint density at radius 2 is 1.93 bits per heavy atom. The number of rotatable bonds is 3. The maximum atomic E-state index is 8.52. The number of benzene rings is 1. The summed E-state index contributed by atoms with van der Waals surface area (Å²) in [6.07, 6.45) is -0.0505. The molecule has 70 valence electrons. The predicted molar refractivity (Wildman–Crippen MR) is 51.5 cm³/mol. The van der Waals surface area contributed by atoms with Crippen LogP contribution in [-0.2, 0) is 6.42 Å². The number of hydrogen-bond donors (Lipinski definition) is 0.